The van der Waals surface area contributed by atoms with Gasteiger partial charge in [0.15, 0.2) is 0 Å². The Morgan fingerprint density at radius 1 is 1.04 bits per heavy atom. The van der Waals surface area contributed by atoms with Gasteiger partial charge in [-0.1, -0.05) is 30.3 Å². The number of sulfonamides is 1. The van der Waals surface area contributed by atoms with Crippen molar-refractivity contribution in [2.24, 2.45) is 0 Å². The molecule has 0 radical (unpaired) electrons. The normalized spacial score (nSPS) is 19.3. The third-order valence-electron chi connectivity index (χ3n) is 3.70. The molecule has 0 aliphatic carbocycles. The molecule has 2 aromatic rings. The minimum atomic E-state index is -3.90. The third kappa shape index (κ3) is 2.97. The lowest BCUT2D eigenvalue weighted by molar-refractivity contribution is -0.126. The predicted molar refractivity (Wildman–Crippen MR) is 82.5 cm³/mol. The lowest BCUT2D eigenvalue weighted by Crippen LogP contribution is -2.52. The number of rotatable bonds is 3. The summed E-state index contributed by atoms with van der Waals surface area (Å²) in [6, 6.07) is 12.4. The zero-order valence-corrected chi connectivity index (χ0v) is 13.0. The van der Waals surface area contributed by atoms with Crippen molar-refractivity contribution in [2.45, 2.75) is 10.9 Å². The molecule has 23 heavy (non-hydrogen) atoms. The van der Waals surface area contributed by atoms with Gasteiger partial charge in [-0.25, -0.2) is 12.8 Å². The van der Waals surface area contributed by atoms with Crippen LogP contribution in [0, 0.1) is 5.82 Å². The number of nitrogens with one attached hydrogen (secondary N) is 1. The summed E-state index contributed by atoms with van der Waals surface area (Å²) in [4.78, 5) is 12.2. The summed E-state index contributed by atoms with van der Waals surface area (Å²) < 4.78 is 39.9. The van der Waals surface area contributed by atoms with Crippen molar-refractivity contribution in [1.29, 1.82) is 0 Å². The number of nitrogens with zero attached hydrogens (tertiary/aromatic N) is 1. The summed E-state index contributed by atoms with van der Waals surface area (Å²) in [5.74, 6) is -0.881. The van der Waals surface area contributed by atoms with E-state index in [1.165, 1.54) is 12.1 Å². The van der Waals surface area contributed by atoms with Crippen molar-refractivity contribution >= 4 is 15.9 Å². The summed E-state index contributed by atoms with van der Waals surface area (Å²) in [5, 5.41) is 2.69. The Morgan fingerprint density at radius 3 is 2.35 bits per heavy atom. The molecule has 1 N–H and O–H groups in total. The van der Waals surface area contributed by atoms with Gasteiger partial charge >= 0.3 is 0 Å². The van der Waals surface area contributed by atoms with E-state index in [2.05, 4.69) is 5.32 Å². The summed E-state index contributed by atoms with van der Waals surface area (Å²) in [5.41, 5.74) is 0.593. The van der Waals surface area contributed by atoms with Gasteiger partial charge in [0.2, 0.25) is 15.9 Å². The number of hydrogen-bond acceptors (Lipinski definition) is 3. The van der Waals surface area contributed by atoms with Gasteiger partial charge in [-0.3, -0.25) is 4.79 Å². The van der Waals surface area contributed by atoms with Crippen LogP contribution in [0.2, 0.25) is 0 Å². The number of hydrogen-bond donors (Lipinski definition) is 1. The average molecular weight is 334 g/mol. The number of piperazine rings is 1. The zero-order valence-electron chi connectivity index (χ0n) is 12.1. The Hall–Kier alpha value is -2.25. The maximum Gasteiger partial charge on any atom is 0.244 e. The first kappa shape index (κ1) is 15.6. The third-order valence-corrected chi connectivity index (χ3v) is 5.58. The van der Waals surface area contributed by atoms with Crippen LogP contribution in [0.3, 0.4) is 0 Å². The molecule has 0 unspecified atom stereocenters. The molecular formula is C16H15FN2O3S. The van der Waals surface area contributed by atoms with E-state index in [9.17, 15) is 17.6 Å². The van der Waals surface area contributed by atoms with Crippen molar-refractivity contribution in [1.82, 2.24) is 9.62 Å². The first-order chi connectivity index (χ1) is 11.0. The summed E-state index contributed by atoms with van der Waals surface area (Å²) >= 11 is 0. The van der Waals surface area contributed by atoms with E-state index >= 15 is 0 Å². The van der Waals surface area contributed by atoms with Crippen molar-refractivity contribution in [2.75, 3.05) is 13.1 Å². The fourth-order valence-electron chi connectivity index (χ4n) is 2.60. The lowest BCUT2D eigenvalue weighted by Gasteiger charge is -2.34. The molecule has 3 rings (SSSR count). The Morgan fingerprint density at radius 2 is 1.70 bits per heavy atom. The fraction of sp³-hybridized carbons (Fsp3) is 0.188. The van der Waals surface area contributed by atoms with Crippen LogP contribution in [0.5, 0.6) is 0 Å². The minimum absolute atomic E-state index is 0.0328. The molecule has 0 spiro atoms. The Bertz CT molecular complexity index is 807. The van der Waals surface area contributed by atoms with Crippen LogP contribution >= 0.6 is 0 Å². The fourth-order valence-corrected chi connectivity index (χ4v) is 4.18. The highest BCUT2D eigenvalue weighted by Crippen LogP contribution is 2.29. The topological polar surface area (TPSA) is 66.5 Å². The van der Waals surface area contributed by atoms with Crippen molar-refractivity contribution in [3.8, 4) is 0 Å². The Labute approximate surface area is 133 Å². The van der Waals surface area contributed by atoms with Gasteiger partial charge in [-0.2, -0.15) is 4.31 Å². The molecule has 1 aliphatic rings. The molecule has 1 saturated heterocycles. The van der Waals surface area contributed by atoms with Gasteiger partial charge < -0.3 is 5.32 Å². The number of halogens is 1. The standard InChI is InChI=1S/C16H15FN2O3S/c17-13-6-8-14(9-7-13)23(21,22)19-11-10-18-16(20)15(19)12-4-2-1-3-5-12/h1-9,15H,10-11H2,(H,18,20)/t15-/m1/s1. The minimum Gasteiger partial charge on any atom is -0.353 e. The molecule has 0 bridgehead atoms. The van der Waals surface area contributed by atoms with Crippen LogP contribution in [-0.4, -0.2) is 31.7 Å². The highest BCUT2D eigenvalue weighted by molar-refractivity contribution is 7.89. The average Bonchev–Trinajstić information content (AvgIpc) is 2.56. The van der Waals surface area contributed by atoms with E-state index in [0.29, 0.717) is 5.56 Å². The highest BCUT2D eigenvalue weighted by Gasteiger charge is 2.39. The predicted octanol–water partition coefficient (Wildman–Crippen LogP) is 1.69. The van der Waals surface area contributed by atoms with Crippen LogP contribution in [0.15, 0.2) is 59.5 Å². The molecule has 1 heterocycles. The van der Waals surface area contributed by atoms with Gasteiger partial charge in [-0.05, 0) is 29.8 Å². The van der Waals surface area contributed by atoms with Crippen LogP contribution in [0.4, 0.5) is 4.39 Å². The van der Waals surface area contributed by atoms with Gasteiger partial charge in [0.1, 0.15) is 11.9 Å². The maximum absolute atomic E-state index is 13.0. The summed E-state index contributed by atoms with van der Waals surface area (Å²) in [7, 11) is -3.90. The van der Waals surface area contributed by atoms with E-state index < -0.39 is 21.9 Å². The molecule has 1 fully saturated rings. The first-order valence-corrected chi connectivity index (χ1v) is 8.54. The Kier molecular flexibility index (Phi) is 4.14. The van der Waals surface area contributed by atoms with Gasteiger partial charge in [0.05, 0.1) is 4.90 Å². The van der Waals surface area contributed by atoms with Gasteiger partial charge in [0, 0.05) is 13.1 Å². The van der Waals surface area contributed by atoms with Crippen LogP contribution < -0.4 is 5.32 Å². The number of amides is 1. The van der Waals surface area contributed by atoms with Crippen molar-refractivity contribution < 1.29 is 17.6 Å². The molecular weight excluding hydrogens is 319 g/mol. The maximum atomic E-state index is 13.0. The quantitative estimate of drug-likeness (QED) is 0.929. The molecule has 7 heteroatoms. The number of benzene rings is 2. The van der Waals surface area contributed by atoms with Gasteiger partial charge in [-0.15, -0.1) is 0 Å². The van der Waals surface area contributed by atoms with E-state index in [4.69, 9.17) is 0 Å². The molecule has 1 aliphatic heterocycles. The largest absolute Gasteiger partial charge is 0.353 e. The summed E-state index contributed by atoms with van der Waals surface area (Å²) in [6.07, 6.45) is 0. The second-order valence-corrected chi connectivity index (χ2v) is 7.06. The zero-order chi connectivity index (χ0) is 16.4. The lowest BCUT2D eigenvalue weighted by atomic mass is 10.1. The van der Waals surface area contributed by atoms with E-state index in [0.717, 1.165) is 16.4 Å². The first-order valence-electron chi connectivity index (χ1n) is 7.10. The van der Waals surface area contributed by atoms with Crippen LogP contribution in [0.1, 0.15) is 11.6 Å². The molecule has 2 aromatic carbocycles. The number of carbonyl (C=O) groups excluding carboxylic acids is 1. The molecule has 0 aromatic heterocycles. The molecule has 5 nitrogen and oxygen atoms in total. The smallest absolute Gasteiger partial charge is 0.244 e. The van der Waals surface area contributed by atoms with E-state index in [1.54, 1.807) is 30.3 Å². The molecule has 0 saturated carbocycles. The van der Waals surface area contributed by atoms with Gasteiger partial charge in [0.25, 0.3) is 0 Å². The number of carbonyl (C=O) groups is 1. The molecule has 1 atom stereocenters. The summed E-state index contributed by atoms with van der Waals surface area (Å²) in [6.45, 7) is 0.396. The van der Waals surface area contributed by atoms with Crippen molar-refractivity contribution in [3.05, 3.63) is 66.0 Å². The monoisotopic (exact) mass is 334 g/mol. The second kappa shape index (κ2) is 6.10. The van der Waals surface area contributed by atoms with E-state index in [-0.39, 0.29) is 23.9 Å². The van der Waals surface area contributed by atoms with Crippen molar-refractivity contribution in [3.63, 3.8) is 0 Å². The van der Waals surface area contributed by atoms with E-state index in [1.807, 2.05) is 0 Å². The second-order valence-electron chi connectivity index (χ2n) is 5.17. The molecule has 1 amide bonds. The Balaban J connectivity index is 2.04. The highest BCUT2D eigenvalue weighted by atomic mass is 32.2. The SMILES string of the molecule is O=C1NCCN(S(=O)(=O)c2ccc(F)cc2)[C@@H]1c1ccccc1. The van der Waals surface area contributed by atoms with Crippen LogP contribution in [0.25, 0.3) is 0 Å². The van der Waals surface area contributed by atoms with Crippen LogP contribution in [-0.2, 0) is 14.8 Å². The molecule has 120 valence electrons.